The number of carbonyl (C=O) groups is 1. The molecule has 5 aromatic rings. The molecule has 9 heteroatoms. The Kier molecular flexibility index (Phi) is 7.85. The third-order valence-corrected chi connectivity index (χ3v) is 8.91. The first kappa shape index (κ1) is 28.8. The summed E-state index contributed by atoms with van der Waals surface area (Å²) in [5, 5.41) is 0. The smallest absolute Gasteiger partial charge is 0.338 e. The average Bonchev–Trinajstić information content (AvgIpc) is 3.47. The summed E-state index contributed by atoms with van der Waals surface area (Å²) in [4.78, 5) is 33.0. The zero-order valence-corrected chi connectivity index (χ0v) is 26.1. The molecule has 0 saturated heterocycles. The molecule has 1 aliphatic heterocycles. The third-order valence-electron chi connectivity index (χ3n) is 7.40. The molecule has 0 saturated carbocycles. The van der Waals surface area contributed by atoms with E-state index in [1.54, 1.807) is 19.1 Å². The summed E-state index contributed by atoms with van der Waals surface area (Å²) in [6.45, 7) is 5.93. The van der Waals surface area contributed by atoms with Gasteiger partial charge in [-0.15, -0.1) is 0 Å². The first-order valence-electron chi connectivity index (χ1n) is 13.8. The van der Waals surface area contributed by atoms with Crippen LogP contribution in [0.4, 0.5) is 4.39 Å². The van der Waals surface area contributed by atoms with Crippen molar-refractivity contribution < 1.29 is 13.9 Å². The number of nitrogens with zero attached hydrogens (tertiary/aromatic N) is 3. The van der Waals surface area contributed by atoms with Crippen LogP contribution < -0.4 is 14.9 Å². The normalized spacial score (nSPS) is 14.9. The van der Waals surface area contributed by atoms with Gasteiger partial charge in [-0.05, 0) is 80.4 Å². The van der Waals surface area contributed by atoms with Crippen LogP contribution in [0, 0.1) is 19.7 Å². The van der Waals surface area contributed by atoms with E-state index in [1.807, 2.05) is 80.6 Å². The second-order valence-electron chi connectivity index (χ2n) is 10.1. The second kappa shape index (κ2) is 11.7. The van der Waals surface area contributed by atoms with Crippen LogP contribution in [0.1, 0.15) is 41.0 Å². The zero-order chi connectivity index (χ0) is 30.2. The van der Waals surface area contributed by atoms with Crippen LogP contribution in [0.15, 0.2) is 105 Å². The molecule has 0 bridgehead atoms. The standard InChI is InChI=1S/C34H27BrFN3O3S/c1-4-42-33(41)29-30(22-8-6-5-7-9-22)37-34-39(31(29)23-10-14-26(36)15-11-23)32(40)28(43-34)19-24-18-20(2)38(21(24)3)27-16-12-25(35)13-17-27/h5-19,31H,4H2,1-3H3/b28-19-/t31-/m1/s1. The largest absolute Gasteiger partial charge is 0.463 e. The van der Waals surface area contributed by atoms with Crippen molar-refractivity contribution in [3.05, 3.63) is 149 Å². The van der Waals surface area contributed by atoms with Crippen molar-refractivity contribution >= 4 is 45.0 Å². The highest BCUT2D eigenvalue weighted by Gasteiger charge is 2.35. The third kappa shape index (κ3) is 5.34. The van der Waals surface area contributed by atoms with Crippen LogP contribution in [0.2, 0.25) is 0 Å². The monoisotopic (exact) mass is 655 g/mol. The summed E-state index contributed by atoms with van der Waals surface area (Å²) in [5.74, 6) is -0.992. The number of fused-ring (bicyclic) bond motifs is 1. The van der Waals surface area contributed by atoms with Crippen molar-refractivity contribution in [1.82, 2.24) is 9.13 Å². The van der Waals surface area contributed by atoms with Gasteiger partial charge in [0.05, 0.1) is 28.5 Å². The van der Waals surface area contributed by atoms with Gasteiger partial charge in [0.2, 0.25) is 0 Å². The highest BCUT2D eigenvalue weighted by Crippen LogP contribution is 2.35. The Morgan fingerprint density at radius 3 is 2.42 bits per heavy atom. The Balaban J connectivity index is 1.59. The molecular formula is C34H27BrFN3O3S. The van der Waals surface area contributed by atoms with Crippen LogP contribution in [0.5, 0.6) is 0 Å². The molecule has 1 atom stereocenters. The molecule has 0 unspecified atom stereocenters. The van der Waals surface area contributed by atoms with Gasteiger partial charge < -0.3 is 9.30 Å². The topological polar surface area (TPSA) is 65.6 Å². The molecule has 0 aliphatic carbocycles. The van der Waals surface area contributed by atoms with Gasteiger partial charge >= 0.3 is 5.97 Å². The van der Waals surface area contributed by atoms with Gasteiger partial charge in [-0.2, -0.15) is 0 Å². The minimum absolute atomic E-state index is 0.152. The summed E-state index contributed by atoms with van der Waals surface area (Å²) >= 11 is 4.75. The molecule has 3 heterocycles. The van der Waals surface area contributed by atoms with Crippen LogP contribution in [0.25, 0.3) is 17.5 Å². The zero-order valence-electron chi connectivity index (χ0n) is 23.7. The molecule has 43 heavy (non-hydrogen) atoms. The van der Waals surface area contributed by atoms with Crippen LogP contribution in [-0.4, -0.2) is 21.7 Å². The van der Waals surface area contributed by atoms with Gasteiger partial charge in [-0.3, -0.25) is 9.36 Å². The van der Waals surface area contributed by atoms with Crippen LogP contribution >= 0.6 is 27.3 Å². The molecule has 0 fully saturated rings. The van der Waals surface area contributed by atoms with E-state index in [-0.39, 0.29) is 17.7 Å². The first-order valence-corrected chi connectivity index (χ1v) is 15.4. The maximum Gasteiger partial charge on any atom is 0.338 e. The van der Waals surface area contributed by atoms with E-state index in [0.29, 0.717) is 26.2 Å². The fourth-order valence-electron chi connectivity index (χ4n) is 5.46. The lowest BCUT2D eigenvalue weighted by Gasteiger charge is -2.25. The van der Waals surface area contributed by atoms with E-state index in [4.69, 9.17) is 9.73 Å². The number of halogens is 2. The highest BCUT2D eigenvalue weighted by molar-refractivity contribution is 9.10. The molecular weight excluding hydrogens is 629 g/mol. The SMILES string of the molecule is CCOC(=O)C1=C(c2ccccc2)N=c2s/c(=C\c3cc(C)n(-c4ccc(Br)cc4)c3C)c(=O)n2[C@@H]1c1ccc(F)cc1. The number of ether oxygens (including phenoxy) is 1. The molecule has 1 aliphatic rings. The molecule has 6 nitrogen and oxygen atoms in total. The minimum Gasteiger partial charge on any atom is -0.463 e. The Morgan fingerprint density at radius 2 is 1.74 bits per heavy atom. The van der Waals surface area contributed by atoms with Crippen LogP contribution in [-0.2, 0) is 9.53 Å². The quantitative estimate of drug-likeness (QED) is 0.203. The van der Waals surface area contributed by atoms with Crippen LogP contribution in [0.3, 0.4) is 0 Å². The van der Waals surface area contributed by atoms with E-state index in [0.717, 1.165) is 27.1 Å². The lowest BCUT2D eigenvalue weighted by molar-refractivity contribution is -0.138. The predicted molar refractivity (Wildman–Crippen MR) is 170 cm³/mol. The second-order valence-corrected chi connectivity index (χ2v) is 12.0. The summed E-state index contributed by atoms with van der Waals surface area (Å²) in [6, 6.07) is 24.4. The fourth-order valence-corrected chi connectivity index (χ4v) is 6.72. The lowest BCUT2D eigenvalue weighted by atomic mass is 9.93. The minimum atomic E-state index is -0.858. The van der Waals surface area contributed by atoms with Gasteiger partial charge in [0, 0.05) is 27.1 Å². The van der Waals surface area contributed by atoms with Gasteiger partial charge in [-0.25, -0.2) is 14.2 Å². The van der Waals surface area contributed by atoms with Crippen molar-refractivity contribution in [2.45, 2.75) is 26.8 Å². The fraction of sp³-hybridized carbons (Fsp3) is 0.147. The molecule has 0 N–H and O–H groups in total. The number of aryl methyl sites for hydroxylation is 1. The Labute approximate surface area is 259 Å². The van der Waals surface area contributed by atoms with E-state index in [1.165, 1.54) is 28.0 Å². The van der Waals surface area contributed by atoms with E-state index in [9.17, 15) is 14.0 Å². The number of hydrogen-bond donors (Lipinski definition) is 0. The van der Waals surface area contributed by atoms with Crippen molar-refractivity contribution in [2.75, 3.05) is 6.61 Å². The Bertz CT molecular complexity index is 2060. The Morgan fingerprint density at radius 1 is 1.05 bits per heavy atom. The molecule has 216 valence electrons. The predicted octanol–water partition coefficient (Wildman–Crippen LogP) is 6.24. The molecule has 6 rings (SSSR count). The summed E-state index contributed by atoms with van der Waals surface area (Å²) in [7, 11) is 0. The maximum absolute atomic E-state index is 14.2. The lowest BCUT2D eigenvalue weighted by Crippen LogP contribution is -2.40. The number of rotatable bonds is 6. The van der Waals surface area contributed by atoms with Gasteiger partial charge in [0.15, 0.2) is 4.80 Å². The van der Waals surface area contributed by atoms with Crippen molar-refractivity contribution in [3.63, 3.8) is 0 Å². The van der Waals surface area contributed by atoms with Gasteiger partial charge in [0.25, 0.3) is 5.56 Å². The molecule has 0 amide bonds. The first-order chi connectivity index (χ1) is 20.8. The highest BCUT2D eigenvalue weighted by atomic mass is 79.9. The summed E-state index contributed by atoms with van der Waals surface area (Å²) in [6.07, 6.45) is 1.87. The number of aromatic nitrogens is 2. The average molecular weight is 657 g/mol. The molecule has 3 aromatic carbocycles. The van der Waals surface area contributed by atoms with E-state index in [2.05, 4.69) is 20.5 Å². The maximum atomic E-state index is 14.2. The molecule has 2 aromatic heterocycles. The number of hydrogen-bond acceptors (Lipinski definition) is 5. The number of carbonyl (C=O) groups excluding carboxylic acids is 1. The molecule has 0 spiro atoms. The summed E-state index contributed by atoms with van der Waals surface area (Å²) < 4.78 is 24.6. The van der Waals surface area contributed by atoms with Crippen molar-refractivity contribution in [1.29, 1.82) is 0 Å². The summed E-state index contributed by atoms with van der Waals surface area (Å²) in [5.41, 5.74) is 5.58. The van der Waals surface area contributed by atoms with Crippen molar-refractivity contribution in [2.24, 2.45) is 4.99 Å². The van der Waals surface area contributed by atoms with Gasteiger partial charge in [-0.1, -0.05) is 69.7 Å². The molecule has 0 radical (unpaired) electrons. The Hall–Kier alpha value is -4.34. The van der Waals surface area contributed by atoms with E-state index >= 15 is 0 Å². The van der Waals surface area contributed by atoms with E-state index < -0.39 is 17.8 Å². The number of thiazole rings is 1. The number of benzene rings is 3. The van der Waals surface area contributed by atoms with Crippen molar-refractivity contribution in [3.8, 4) is 5.69 Å². The van der Waals surface area contributed by atoms with Gasteiger partial charge in [0.1, 0.15) is 5.82 Å². The number of esters is 1.